The third-order valence-electron chi connectivity index (χ3n) is 3.52. The maximum absolute atomic E-state index is 12.3. The second-order valence-corrected chi connectivity index (χ2v) is 6.26. The van der Waals surface area contributed by atoms with Crippen LogP contribution in [0.5, 0.6) is 5.75 Å². The summed E-state index contributed by atoms with van der Waals surface area (Å²) < 4.78 is 10.7. The Hall–Kier alpha value is -2.44. The predicted molar refractivity (Wildman–Crippen MR) is 108 cm³/mol. The van der Waals surface area contributed by atoms with Crippen molar-refractivity contribution < 1.29 is 14.3 Å². The molecule has 1 amide bonds. The first-order chi connectivity index (χ1) is 12.5. The van der Waals surface area contributed by atoms with Crippen LogP contribution in [0.2, 0.25) is 0 Å². The highest BCUT2D eigenvalue weighted by Gasteiger charge is 2.08. The van der Waals surface area contributed by atoms with Gasteiger partial charge in [-0.1, -0.05) is 6.07 Å². The summed E-state index contributed by atoms with van der Waals surface area (Å²) in [5.74, 6) is 0.421. The smallest absolute Gasteiger partial charge is 0.257 e. The number of anilines is 1. The van der Waals surface area contributed by atoms with Gasteiger partial charge in [0.15, 0.2) is 5.11 Å². The summed E-state index contributed by atoms with van der Waals surface area (Å²) in [5, 5.41) is 5.98. The minimum atomic E-state index is -0.271. The van der Waals surface area contributed by atoms with Gasteiger partial charge in [-0.15, -0.1) is 0 Å². The monoisotopic (exact) mass is 372 g/mol. The van der Waals surface area contributed by atoms with Crippen LogP contribution >= 0.6 is 12.2 Å². The second kappa shape index (κ2) is 9.89. The van der Waals surface area contributed by atoms with Crippen molar-refractivity contribution in [2.45, 2.75) is 20.8 Å². The zero-order chi connectivity index (χ0) is 18.9. The quantitative estimate of drug-likeness (QED) is 0.571. The molecule has 0 saturated heterocycles. The van der Waals surface area contributed by atoms with E-state index in [9.17, 15) is 4.79 Å². The number of amides is 1. The molecule has 2 aromatic rings. The standard InChI is InChI=1S/C20H24N2O3S/c1-4-24-9-10-25-18-7-5-16(6-8-18)19(23)22-20(26)21-17-12-14(2)11-15(3)13-17/h5-8,11-13H,4,9-10H2,1-3H3,(H2,21,22,23,26). The van der Waals surface area contributed by atoms with Gasteiger partial charge in [0.05, 0.1) is 6.61 Å². The van der Waals surface area contributed by atoms with Crippen molar-refractivity contribution in [3.63, 3.8) is 0 Å². The Morgan fingerprint density at radius 3 is 2.31 bits per heavy atom. The third-order valence-corrected chi connectivity index (χ3v) is 3.73. The van der Waals surface area contributed by atoms with E-state index < -0.39 is 0 Å². The van der Waals surface area contributed by atoms with Crippen molar-refractivity contribution in [1.82, 2.24) is 5.32 Å². The molecule has 0 atom stereocenters. The van der Waals surface area contributed by atoms with Gasteiger partial charge in [0.1, 0.15) is 12.4 Å². The molecule has 0 bridgehead atoms. The molecule has 5 nitrogen and oxygen atoms in total. The number of thiocarbonyl (C=S) groups is 1. The predicted octanol–water partition coefficient (Wildman–Crippen LogP) is 3.85. The lowest BCUT2D eigenvalue weighted by atomic mass is 10.1. The Kier molecular flexibility index (Phi) is 7.56. The highest BCUT2D eigenvalue weighted by molar-refractivity contribution is 7.80. The molecule has 0 saturated carbocycles. The number of aryl methyl sites for hydroxylation is 2. The molecule has 138 valence electrons. The van der Waals surface area contributed by atoms with Gasteiger partial charge in [0.2, 0.25) is 0 Å². The van der Waals surface area contributed by atoms with Gasteiger partial charge in [-0.3, -0.25) is 10.1 Å². The Balaban J connectivity index is 1.87. The van der Waals surface area contributed by atoms with Crippen molar-refractivity contribution in [2.24, 2.45) is 0 Å². The minimum absolute atomic E-state index is 0.261. The molecule has 0 radical (unpaired) electrons. The number of ether oxygens (including phenoxy) is 2. The van der Waals surface area contributed by atoms with Crippen LogP contribution in [-0.2, 0) is 4.74 Å². The molecule has 0 fully saturated rings. The molecule has 2 N–H and O–H groups in total. The third kappa shape index (κ3) is 6.46. The van der Waals surface area contributed by atoms with Gasteiger partial charge < -0.3 is 14.8 Å². The van der Waals surface area contributed by atoms with Crippen LogP contribution in [0.1, 0.15) is 28.4 Å². The van der Waals surface area contributed by atoms with Crippen molar-refractivity contribution in [2.75, 3.05) is 25.1 Å². The zero-order valence-corrected chi connectivity index (χ0v) is 16.1. The van der Waals surface area contributed by atoms with E-state index in [0.717, 1.165) is 16.8 Å². The lowest BCUT2D eigenvalue weighted by Gasteiger charge is -2.11. The van der Waals surface area contributed by atoms with Crippen LogP contribution in [-0.4, -0.2) is 30.8 Å². The van der Waals surface area contributed by atoms with Gasteiger partial charge in [-0.2, -0.15) is 0 Å². The molecule has 0 aromatic heterocycles. The fraction of sp³-hybridized carbons (Fsp3) is 0.300. The number of carbonyl (C=O) groups excluding carboxylic acids is 1. The van der Waals surface area contributed by atoms with Gasteiger partial charge in [-0.25, -0.2) is 0 Å². The molecular weight excluding hydrogens is 348 g/mol. The van der Waals surface area contributed by atoms with Crippen molar-refractivity contribution >= 4 is 28.9 Å². The Labute approximate surface area is 159 Å². The average Bonchev–Trinajstić information content (AvgIpc) is 2.58. The van der Waals surface area contributed by atoms with Gasteiger partial charge in [0, 0.05) is 17.9 Å². The first kappa shape index (κ1) is 19.9. The summed E-state index contributed by atoms with van der Waals surface area (Å²) in [6.07, 6.45) is 0. The molecule has 2 aromatic carbocycles. The number of nitrogens with one attached hydrogen (secondary N) is 2. The van der Waals surface area contributed by atoms with Gasteiger partial charge >= 0.3 is 0 Å². The average molecular weight is 372 g/mol. The lowest BCUT2D eigenvalue weighted by Crippen LogP contribution is -2.34. The lowest BCUT2D eigenvalue weighted by molar-refractivity contribution is 0.0977. The fourth-order valence-corrected chi connectivity index (χ4v) is 2.66. The largest absolute Gasteiger partial charge is 0.491 e. The summed E-state index contributed by atoms with van der Waals surface area (Å²) in [7, 11) is 0. The maximum atomic E-state index is 12.3. The number of benzene rings is 2. The maximum Gasteiger partial charge on any atom is 0.257 e. The SMILES string of the molecule is CCOCCOc1ccc(C(=O)NC(=S)Nc2cc(C)cc(C)c2)cc1. The normalized spacial score (nSPS) is 10.3. The van der Waals surface area contributed by atoms with Gasteiger partial charge in [-0.05, 0) is 80.5 Å². The molecule has 0 aliphatic rings. The first-order valence-corrected chi connectivity index (χ1v) is 8.90. The zero-order valence-electron chi connectivity index (χ0n) is 15.3. The van der Waals surface area contributed by atoms with Crippen molar-refractivity contribution in [1.29, 1.82) is 0 Å². The van der Waals surface area contributed by atoms with E-state index in [1.807, 2.05) is 32.9 Å². The van der Waals surface area contributed by atoms with Crippen molar-refractivity contribution in [3.05, 3.63) is 59.2 Å². The second-order valence-electron chi connectivity index (χ2n) is 5.85. The summed E-state index contributed by atoms with van der Waals surface area (Å²) in [6.45, 7) is 7.64. The number of carbonyl (C=O) groups is 1. The molecule has 6 heteroatoms. The van der Waals surface area contributed by atoms with E-state index in [2.05, 4.69) is 16.7 Å². The molecular formula is C20H24N2O3S. The molecule has 0 unspecified atom stereocenters. The van der Waals surface area contributed by atoms with Gasteiger partial charge in [0.25, 0.3) is 5.91 Å². The van der Waals surface area contributed by atoms with E-state index >= 15 is 0 Å². The Morgan fingerprint density at radius 1 is 1.04 bits per heavy atom. The van der Waals surface area contributed by atoms with E-state index in [0.29, 0.717) is 31.1 Å². The topological polar surface area (TPSA) is 59.6 Å². The van der Waals surface area contributed by atoms with Crippen LogP contribution < -0.4 is 15.4 Å². The molecule has 2 rings (SSSR count). The highest BCUT2D eigenvalue weighted by Crippen LogP contribution is 2.14. The summed E-state index contributed by atoms with van der Waals surface area (Å²) in [5.41, 5.74) is 3.61. The van der Waals surface area contributed by atoms with Crippen LogP contribution in [0.25, 0.3) is 0 Å². The molecule has 0 aliphatic heterocycles. The van der Waals surface area contributed by atoms with E-state index in [1.54, 1.807) is 24.3 Å². The van der Waals surface area contributed by atoms with E-state index in [-0.39, 0.29) is 11.0 Å². The number of hydrogen-bond acceptors (Lipinski definition) is 4. The van der Waals surface area contributed by atoms with Crippen LogP contribution in [0.3, 0.4) is 0 Å². The Morgan fingerprint density at radius 2 is 1.69 bits per heavy atom. The molecule has 0 heterocycles. The minimum Gasteiger partial charge on any atom is -0.491 e. The van der Waals surface area contributed by atoms with Crippen LogP contribution in [0.4, 0.5) is 5.69 Å². The first-order valence-electron chi connectivity index (χ1n) is 8.49. The fourth-order valence-electron chi connectivity index (χ4n) is 2.45. The summed E-state index contributed by atoms with van der Waals surface area (Å²) in [4.78, 5) is 12.3. The van der Waals surface area contributed by atoms with Crippen LogP contribution in [0.15, 0.2) is 42.5 Å². The molecule has 0 spiro atoms. The highest BCUT2D eigenvalue weighted by atomic mass is 32.1. The van der Waals surface area contributed by atoms with Crippen LogP contribution in [0, 0.1) is 13.8 Å². The number of hydrogen-bond donors (Lipinski definition) is 2. The number of rotatable bonds is 7. The summed E-state index contributed by atoms with van der Waals surface area (Å²) in [6, 6.07) is 12.9. The molecule has 26 heavy (non-hydrogen) atoms. The molecule has 0 aliphatic carbocycles. The summed E-state index contributed by atoms with van der Waals surface area (Å²) >= 11 is 5.23. The Bertz CT molecular complexity index is 740. The van der Waals surface area contributed by atoms with E-state index in [4.69, 9.17) is 21.7 Å². The van der Waals surface area contributed by atoms with E-state index in [1.165, 1.54) is 0 Å². The van der Waals surface area contributed by atoms with Crippen molar-refractivity contribution in [3.8, 4) is 5.75 Å².